The van der Waals surface area contributed by atoms with Crippen LogP contribution < -0.4 is 5.73 Å². The fourth-order valence-electron chi connectivity index (χ4n) is 0.442. The summed E-state index contributed by atoms with van der Waals surface area (Å²) in [5.74, 6) is -2.80. The third kappa shape index (κ3) is 3.54. The van der Waals surface area contributed by atoms with Crippen molar-refractivity contribution in [3.05, 3.63) is 0 Å². The van der Waals surface area contributed by atoms with Crippen molar-refractivity contribution >= 4 is 11.9 Å². The first-order valence-corrected chi connectivity index (χ1v) is 2.84. The Morgan fingerprint density at radius 2 is 1.73 bits per heavy atom. The zero-order chi connectivity index (χ0) is 9.02. The summed E-state index contributed by atoms with van der Waals surface area (Å²) in [6.45, 7) is 0. The summed E-state index contributed by atoms with van der Waals surface area (Å²) in [6, 6.07) is -1.33. The van der Waals surface area contributed by atoms with Gasteiger partial charge in [-0.3, -0.25) is 4.79 Å². The molecule has 0 saturated heterocycles. The molecule has 0 heterocycles. The molecule has 5 N–H and O–H groups in total. The van der Waals surface area contributed by atoms with Gasteiger partial charge in [-0.1, -0.05) is 0 Å². The standard InChI is InChI=1S/C5H9NO5/c6-2(4(8)9)1-3(7)5(10)11/h2-3,7H,1,6H2,(H,8,9)(H,10,11)/t2-,3+/m1/s1. The molecule has 0 aromatic rings. The minimum absolute atomic E-state index is 0.481. The second-order valence-electron chi connectivity index (χ2n) is 2.03. The van der Waals surface area contributed by atoms with Crippen molar-refractivity contribution in [3.8, 4) is 0 Å². The zero-order valence-electron chi connectivity index (χ0n) is 5.60. The van der Waals surface area contributed by atoms with Gasteiger partial charge in [0.25, 0.3) is 0 Å². The van der Waals surface area contributed by atoms with Crippen molar-refractivity contribution < 1.29 is 24.9 Å². The maximum Gasteiger partial charge on any atom is 0.332 e. The Kier molecular flexibility index (Phi) is 3.49. The van der Waals surface area contributed by atoms with Gasteiger partial charge in [0, 0.05) is 6.42 Å². The van der Waals surface area contributed by atoms with E-state index in [0.717, 1.165) is 0 Å². The van der Waals surface area contributed by atoms with Gasteiger partial charge in [-0.15, -0.1) is 0 Å². The van der Waals surface area contributed by atoms with E-state index < -0.39 is 30.5 Å². The lowest BCUT2D eigenvalue weighted by molar-refractivity contribution is -0.148. The Labute approximate surface area is 62.2 Å². The molecule has 11 heavy (non-hydrogen) atoms. The third-order valence-electron chi connectivity index (χ3n) is 1.08. The lowest BCUT2D eigenvalue weighted by atomic mass is 10.1. The van der Waals surface area contributed by atoms with Crippen LogP contribution in [0.2, 0.25) is 0 Å². The van der Waals surface area contributed by atoms with Crippen LogP contribution in [0, 0.1) is 0 Å². The highest BCUT2D eigenvalue weighted by molar-refractivity contribution is 5.76. The monoisotopic (exact) mass is 163 g/mol. The Bertz CT molecular complexity index is 150. The number of rotatable bonds is 4. The molecular formula is C5H9NO5. The fraction of sp³-hybridized carbons (Fsp3) is 0.600. The average Bonchev–Trinajstić information content (AvgIpc) is 1.87. The lowest BCUT2D eigenvalue weighted by Crippen LogP contribution is -2.36. The molecule has 0 aliphatic heterocycles. The maximum absolute atomic E-state index is 10.0. The second-order valence-corrected chi connectivity index (χ2v) is 2.03. The first kappa shape index (κ1) is 9.86. The second kappa shape index (κ2) is 3.89. The van der Waals surface area contributed by atoms with Crippen LogP contribution in [0.5, 0.6) is 0 Å². The summed E-state index contributed by atoms with van der Waals surface area (Å²) in [7, 11) is 0. The molecule has 6 heteroatoms. The van der Waals surface area contributed by atoms with E-state index in [0.29, 0.717) is 0 Å². The molecule has 2 atom stereocenters. The van der Waals surface area contributed by atoms with E-state index in [1.807, 2.05) is 0 Å². The summed E-state index contributed by atoms with van der Waals surface area (Å²) in [6.07, 6.45) is -2.19. The van der Waals surface area contributed by atoms with E-state index in [4.69, 9.17) is 21.1 Å². The van der Waals surface area contributed by atoms with Crippen LogP contribution in [0.15, 0.2) is 0 Å². The van der Waals surface area contributed by atoms with Crippen molar-refractivity contribution in [1.82, 2.24) is 0 Å². The van der Waals surface area contributed by atoms with Crippen molar-refractivity contribution in [2.45, 2.75) is 18.6 Å². The van der Waals surface area contributed by atoms with Gasteiger partial charge in [-0.25, -0.2) is 4.79 Å². The van der Waals surface area contributed by atoms with Crippen LogP contribution in [0.25, 0.3) is 0 Å². The number of carbonyl (C=O) groups is 2. The Hall–Kier alpha value is -1.14. The van der Waals surface area contributed by atoms with Gasteiger partial charge in [-0.2, -0.15) is 0 Å². The third-order valence-corrected chi connectivity index (χ3v) is 1.08. The van der Waals surface area contributed by atoms with Crippen molar-refractivity contribution in [1.29, 1.82) is 0 Å². The number of hydrogen-bond acceptors (Lipinski definition) is 4. The molecule has 0 bridgehead atoms. The molecule has 0 saturated carbocycles. The van der Waals surface area contributed by atoms with Gasteiger partial charge in [0.05, 0.1) is 0 Å². The van der Waals surface area contributed by atoms with Crippen LogP contribution in [-0.4, -0.2) is 39.4 Å². The number of aliphatic hydroxyl groups is 1. The molecule has 0 unspecified atom stereocenters. The normalized spacial score (nSPS) is 15.5. The summed E-state index contributed by atoms with van der Waals surface area (Å²) >= 11 is 0. The first-order chi connectivity index (χ1) is 4.95. The van der Waals surface area contributed by atoms with Gasteiger partial charge >= 0.3 is 11.9 Å². The minimum atomic E-state index is -1.71. The maximum atomic E-state index is 10.0. The SMILES string of the molecule is N[C@H](C[C@H](O)C(=O)O)C(=O)O. The van der Waals surface area contributed by atoms with E-state index in [9.17, 15) is 9.59 Å². The highest BCUT2D eigenvalue weighted by atomic mass is 16.4. The number of aliphatic hydroxyl groups excluding tert-OH is 1. The van der Waals surface area contributed by atoms with Crippen molar-refractivity contribution in [2.24, 2.45) is 5.73 Å². The molecule has 64 valence electrons. The van der Waals surface area contributed by atoms with Gasteiger partial charge < -0.3 is 21.1 Å². The summed E-state index contributed by atoms with van der Waals surface area (Å²) < 4.78 is 0. The minimum Gasteiger partial charge on any atom is -0.480 e. The highest BCUT2D eigenvalue weighted by Gasteiger charge is 2.21. The first-order valence-electron chi connectivity index (χ1n) is 2.84. The summed E-state index contributed by atoms with van der Waals surface area (Å²) in [5, 5.41) is 24.9. The molecule has 0 spiro atoms. The number of carboxylic acid groups (broad SMARTS) is 2. The van der Waals surface area contributed by atoms with Crippen LogP contribution >= 0.6 is 0 Å². The molecule has 0 amide bonds. The molecule has 0 aromatic carbocycles. The Morgan fingerprint density at radius 1 is 1.27 bits per heavy atom. The molecule has 0 aromatic heterocycles. The quantitative estimate of drug-likeness (QED) is 0.389. The van der Waals surface area contributed by atoms with Gasteiger partial charge in [-0.05, 0) is 0 Å². The van der Waals surface area contributed by atoms with Gasteiger partial charge in [0.2, 0.25) is 0 Å². The van der Waals surface area contributed by atoms with Gasteiger partial charge in [0.1, 0.15) is 6.04 Å². The van der Waals surface area contributed by atoms with E-state index in [1.54, 1.807) is 0 Å². The Balaban J connectivity index is 3.84. The smallest absolute Gasteiger partial charge is 0.332 e. The number of aliphatic carboxylic acids is 2. The van der Waals surface area contributed by atoms with Crippen LogP contribution in [0.4, 0.5) is 0 Å². The predicted molar refractivity (Wildman–Crippen MR) is 33.9 cm³/mol. The van der Waals surface area contributed by atoms with Crippen molar-refractivity contribution in [3.63, 3.8) is 0 Å². The summed E-state index contributed by atoms with van der Waals surface area (Å²) in [5.41, 5.74) is 4.93. The highest BCUT2D eigenvalue weighted by Crippen LogP contribution is 1.95. The molecule has 0 rings (SSSR count). The number of hydrogen-bond donors (Lipinski definition) is 4. The summed E-state index contributed by atoms with van der Waals surface area (Å²) in [4.78, 5) is 20.0. The van der Waals surface area contributed by atoms with E-state index >= 15 is 0 Å². The molecular weight excluding hydrogens is 154 g/mol. The fourth-order valence-corrected chi connectivity index (χ4v) is 0.442. The average molecular weight is 163 g/mol. The molecule has 0 aliphatic rings. The zero-order valence-corrected chi connectivity index (χ0v) is 5.60. The van der Waals surface area contributed by atoms with Crippen LogP contribution in [0.1, 0.15) is 6.42 Å². The molecule has 0 aliphatic carbocycles. The number of carboxylic acids is 2. The Morgan fingerprint density at radius 3 is 2.00 bits per heavy atom. The molecule has 0 fully saturated rings. The predicted octanol–water partition coefficient (Wildman–Crippen LogP) is -1.77. The molecule has 6 nitrogen and oxygen atoms in total. The van der Waals surface area contributed by atoms with E-state index in [-0.39, 0.29) is 0 Å². The number of nitrogens with two attached hydrogens (primary N) is 1. The van der Waals surface area contributed by atoms with E-state index in [1.165, 1.54) is 0 Å². The largest absolute Gasteiger partial charge is 0.480 e. The van der Waals surface area contributed by atoms with Crippen LogP contribution in [0.3, 0.4) is 0 Å². The van der Waals surface area contributed by atoms with Gasteiger partial charge in [0.15, 0.2) is 6.10 Å². The lowest BCUT2D eigenvalue weighted by Gasteiger charge is -2.07. The van der Waals surface area contributed by atoms with E-state index in [2.05, 4.69) is 0 Å². The van der Waals surface area contributed by atoms with Crippen LogP contribution in [-0.2, 0) is 9.59 Å². The molecule has 0 radical (unpaired) electrons. The van der Waals surface area contributed by atoms with Crippen molar-refractivity contribution in [2.75, 3.05) is 0 Å². The topological polar surface area (TPSA) is 121 Å².